The molecule has 2 atom stereocenters. The van der Waals surface area contributed by atoms with E-state index >= 15 is 0 Å². The normalized spacial score (nSPS) is 13.8. The average molecular weight is 774 g/mol. The second-order valence-corrected chi connectivity index (χ2v) is 17.8. The molecule has 0 bridgehead atoms. The fourth-order valence-corrected chi connectivity index (χ4v) is 7.03. The Morgan fingerprint density at radius 1 is 0.566 bits per heavy atom. The first-order valence-electron chi connectivity index (χ1n) is 22.4. The van der Waals surface area contributed by atoms with Gasteiger partial charge in [-0.1, -0.05) is 174 Å². The molecule has 0 rings (SSSR count). The first-order valence-corrected chi connectivity index (χ1v) is 23.9. The number of ether oxygens (including phenoxy) is 2. The maximum absolute atomic E-state index is 12.7. The highest BCUT2D eigenvalue weighted by Crippen LogP contribution is 2.38. The van der Waals surface area contributed by atoms with E-state index in [4.69, 9.17) is 18.5 Å². The van der Waals surface area contributed by atoms with Gasteiger partial charge >= 0.3 is 5.97 Å². The lowest BCUT2D eigenvalue weighted by atomic mass is 10.0. The molecule has 9 heteroatoms. The minimum Gasteiger partial charge on any atom is -0.756 e. The lowest BCUT2D eigenvalue weighted by Gasteiger charge is -2.28. The summed E-state index contributed by atoms with van der Waals surface area (Å²) in [6.07, 6.45) is 40.7. The molecule has 53 heavy (non-hydrogen) atoms. The third kappa shape index (κ3) is 42.2. The molecule has 0 heterocycles. The zero-order valence-electron chi connectivity index (χ0n) is 35.7. The molecule has 0 aromatic rings. The van der Waals surface area contributed by atoms with Crippen molar-refractivity contribution < 1.29 is 37.3 Å². The summed E-state index contributed by atoms with van der Waals surface area (Å²) in [6, 6.07) is 0. The van der Waals surface area contributed by atoms with E-state index in [1.54, 1.807) is 0 Å². The van der Waals surface area contributed by atoms with Gasteiger partial charge in [-0.3, -0.25) is 9.36 Å². The van der Waals surface area contributed by atoms with Gasteiger partial charge in [0, 0.05) is 13.0 Å². The largest absolute Gasteiger partial charge is 0.756 e. The number of hydrogen-bond acceptors (Lipinski definition) is 7. The first kappa shape index (κ1) is 52.2. The number of likely N-dealkylation sites (N-methyl/N-ethyl adjacent to an activating group) is 1. The number of phosphoric acid groups is 1. The molecule has 0 fully saturated rings. The SMILES string of the molecule is CCCCCCCC/C=C\CCCCCCCCCC(=O)OC(COCCCCCCCCCCCCCCCC)COP(=O)([O-])OCC[N+](C)(C)C. The number of carbonyl (C=O) groups excluding carboxylic acids is 1. The number of quaternary nitrogens is 1. The van der Waals surface area contributed by atoms with E-state index in [9.17, 15) is 14.3 Å². The molecular formula is C44H88NO7P. The van der Waals surface area contributed by atoms with Crippen LogP contribution in [0.5, 0.6) is 0 Å². The van der Waals surface area contributed by atoms with E-state index in [1.807, 2.05) is 21.1 Å². The van der Waals surface area contributed by atoms with Crippen molar-refractivity contribution in [2.75, 3.05) is 54.1 Å². The number of hydrogen-bond donors (Lipinski definition) is 0. The maximum Gasteiger partial charge on any atom is 0.306 e. The lowest BCUT2D eigenvalue weighted by molar-refractivity contribution is -0.870. The van der Waals surface area contributed by atoms with E-state index in [-0.39, 0.29) is 25.8 Å². The topological polar surface area (TPSA) is 94.1 Å². The van der Waals surface area contributed by atoms with Crippen molar-refractivity contribution in [2.45, 2.75) is 213 Å². The molecule has 0 amide bonds. The monoisotopic (exact) mass is 774 g/mol. The van der Waals surface area contributed by atoms with Crippen molar-refractivity contribution in [1.29, 1.82) is 0 Å². The fourth-order valence-electron chi connectivity index (χ4n) is 6.31. The number of allylic oxidation sites excluding steroid dienone is 2. The number of rotatable bonds is 42. The van der Waals surface area contributed by atoms with Gasteiger partial charge in [-0.25, -0.2) is 0 Å². The van der Waals surface area contributed by atoms with Crippen molar-refractivity contribution in [3.63, 3.8) is 0 Å². The molecule has 0 N–H and O–H groups in total. The van der Waals surface area contributed by atoms with Gasteiger partial charge < -0.3 is 27.9 Å². The van der Waals surface area contributed by atoms with Crippen LogP contribution in [0, 0.1) is 0 Å². The molecule has 0 spiro atoms. The Hall–Kier alpha value is -0.760. The summed E-state index contributed by atoms with van der Waals surface area (Å²) in [7, 11) is 1.36. The molecule has 0 radical (unpaired) electrons. The Labute approximate surface area is 329 Å². The summed E-state index contributed by atoms with van der Waals surface area (Å²) in [4.78, 5) is 25.0. The molecule has 0 aliphatic carbocycles. The Balaban J connectivity index is 4.20. The molecule has 2 unspecified atom stereocenters. The molecule has 0 aliphatic rings. The molecule has 0 aromatic carbocycles. The zero-order chi connectivity index (χ0) is 39.1. The van der Waals surface area contributed by atoms with Gasteiger partial charge in [0.1, 0.15) is 19.3 Å². The molecular weight excluding hydrogens is 685 g/mol. The average Bonchev–Trinajstić information content (AvgIpc) is 3.11. The van der Waals surface area contributed by atoms with Gasteiger partial charge in [0.25, 0.3) is 7.82 Å². The summed E-state index contributed by atoms with van der Waals surface area (Å²) in [5, 5.41) is 0. The highest BCUT2D eigenvalue weighted by molar-refractivity contribution is 7.45. The summed E-state index contributed by atoms with van der Waals surface area (Å²) in [5.74, 6) is -0.335. The Bertz CT molecular complexity index is 863. The summed E-state index contributed by atoms with van der Waals surface area (Å²) >= 11 is 0. The van der Waals surface area contributed by atoms with E-state index in [1.165, 1.54) is 154 Å². The number of esters is 1. The summed E-state index contributed by atoms with van der Waals surface area (Å²) < 4.78 is 34.6. The molecule has 0 saturated carbocycles. The standard InChI is InChI=1S/C44H88NO7P/c1-6-8-10-12-14-16-18-20-22-23-24-25-27-29-31-33-35-37-44(46)52-43(42-51-53(47,48)50-40-38-45(3,4)5)41-49-39-36-34-32-30-28-26-21-19-17-15-13-11-9-7-2/h20,22,43H,6-19,21,23-42H2,1-5H3/b22-20-. The van der Waals surface area contributed by atoms with Gasteiger partial charge in [0.15, 0.2) is 0 Å². The second kappa shape index (κ2) is 38.1. The van der Waals surface area contributed by atoms with Gasteiger partial charge in [-0.05, 0) is 38.5 Å². The van der Waals surface area contributed by atoms with Crippen LogP contribution < -0.4 is 4.89 Å². The molecule has 316 valence electrons. The van der Waals surface area contributed by atoms with Crippen molar-refractivity contribution in [1.82, 2.24) is 0 Å². The predicted molar refractivity (Wildman–Crippen MR) is 222 cm³/mol. The highest BCUT2D eigenvalue weighted by Gasteiger charge is 2.20. The van der Waals surface area contributed by atoms with Crippen molar-refractivity contribution in [3.8, 4) is 0 Å². The minimum absolute atomic E-state index is 0.0285. The van der Waals surface area contributed by atoms with E-state index in [0.29, 0.717) is 24.1 Å². The molecule has 0 aromatic heterocycles. The number of nitrogens with zero attached hydrogens (tertiary/aromatic N) is 1. The molecule has 0 saturated heterocycles. The Kier molecular flexibility index (Phi) is 37.6. The quantitative estimate of drug-likeness (QED) is 0.0200. The van der Waals surface area contributed by atoms with Crippen LogP contribution >= 0.6 is 7.82 Å². The fraction of sp³-hybridized carbons (Fsp3) is 0.932. The van der Waals surface area contributed by atoms with Crippen LogP contribution in [0.15, 0.2) is 12.2 Å². The van der Waals surface area contributed by atoms with Gasteiger partial charge in [0.05, 0.1) is 34.4 Å². The zero-order valence-corrected chi connectivity index (χ0v) is 36.6. The predicted octanol–water partition coefficient (Wildman–Crippen LogP) is 12.4. The van der Waals surface area contributed by atoms with Gasteiger partial charge in [-0.2, -0.15) is 0 Å². The first-order chi connectivity index (χ1) is 25.6. The van der Waals surface area contributed by atoms with E-state index in [2.05, 4.69) is 26.0 Å². The van der Waals surface area contributed by atoms with Crippen molar-refractivity contribution in [3.05, 3.63) is 12.2 Å². The number of carbonyl (C=O) groups is 1. The van der Waals surface area contributed by atoms with Crippen LogP contribution in [0.4, 0.5) is 0 Å². The van der Waals surface area contributed by atoms with Gasteiger partial charge in [0.2, 0.25) is 0 Å². The van der Waals surface area contributed by atoms with Crippen molar-refractivity contribution in [2.24, 2.45) is 0 Å². The number of unbranched alkanes of at least 4 members (excludes halogenated alkanes) is 26. The second-order valence-electron chi connectivity index (χ2n) is 16.4. The van der Waals surface area contributed by atoms with Crippen LogP contribution in [0.1, 0.15) is 206 Å². The Morgan fingerprint density at radius 2 is 0.981 bits per heavy atom. The Morgan fingerprint density at radius 3 is 1.43 bits per heavy atom. The molecule has 0 aliphatic heterocycles. The summed E-state index contributed by atoms with van der Waals surface area (Å²) in [6.45, 7) is 5.44. The molecule has 8 nitrogen and oxygen atoms in total. The third-order valence-electron chi connectivity index (χ3n) is 9.82. The summed E-state index contributed by atoms with van der Waals surface area (Å²) in [5.41, 5.74) is 0. The van der Waals surface area contributed by atoms with Crippen LogP contribution in [0.25, 0.3) is 0 Å². The van der Waals surface area contributed by atoms with E-state index < -0.39 is 13.9 Å². The number of phosphoric ester groups is 1. The van der Waals surface area contributed by atoms with Crippen LogP contribution in [-0.2, 0) is 27.9 Å². The third-order valence-corrected chi connectivity index (χ3v) is 10.8. The smallest absolute Gasteiger partial charge is 0.306 e. The van der Waals surface area contributed by atoms with Gasteiger partial charge in [-0.15, -0.1) is 0 Å². The van der Waals surface area contributed by atoms with Crippen LogP contribution in [-0.4, -0.2) is 70.7 Å². The minimum atomic E-state index is -4.52. The van der Waals surface area contributed by atoms with E-state index in [0.717, 1.165) is 32.1 Å². The highest BCUT2D eigenvalue weighted by atomic mass is 31.2. The lowest BCUT2D eigenvalue weighted by Crippen LogP contribution is -2.37. The maximum atomic E-state index is 12.7. The van der Waals surface area contributed by atoms with Crippen molar-refractivity contribution >= 4 is 13.8 Å². The van der Waals surface area contributed by atoms with Crippen LogP contribution in [0.3, 0.4) is 0 Å². The van der Waals surface area contributed by atoms with Crippen LogP contribution in [0.2, 0.25) is 0 Å².